The topological polar surface area (TPSA) is 48.5 Å². The molecule has 2 heterocycles. The van der Waals surface area contributed by atoms with Crippen molar-refractivity contribution in [3.8, 4) is 11.7 Å². The summed E-state index contributed by atoms with van der Waals surface area (Å²) >= 11 is 5.28. The molecule has 0 amide bonds. The zero-order valence-corrected chi connectivity index (χ0v) is 13.8. The highest BCUT2D eigenvalue weighted by Crippen LogP contribution is 2.19. The van der Waals surface area contributed by atoms with Crippen LogP contribution >= 0.6 is 12.2 Å². The van der Waals surface area contributed by atoms with Crippen molar-refractivity contribution in [2.75, 3.05) is 0 Å². The van der Waals surface area contributed by atoms with Gasteiger partial charge in [0.1, 0.15) is 12.4 Å². The lowest BCUT2D eigenvalue weighted by Crippen LogP contribution is -3.11. The van der Waals surface area contributed by atoms with Gasteiger partial charge in [-0.1, -0.05) is 12.1 Å². The average Bonchev–Trinajstić information content (AvgIpc) is 3.15. The molecule has 0 bridgehead atoms. The lowest BCUT2D eigenvalue weighted by Gasteiger charge is -2.18. The van der Waals surface area contributed by atoms with Gasteiger partial charge in [-0.25, -0.2) is 4.39 Å². The van der Waals surface area contributed by atoms with Crippen molar-refractivity contribution in [1.82, 2.24) is 9.78 Å². The van der Waals surface area contributed by atoms with E-state index < -0.39 is 0 Å². The highest BCUT2D eigenvalue weighted by molar-refractivity contribution is 7.71. The molecule has 3 aromatic rings. The number of nitrogens with zero attached hydrogens (tertiary/aromatic N) is 2. The van der Waals surface area contributed by atoms with Crippen LogP contribution in [-0.2, 0) is 13.2 Å². The zero-order chi connectivity index (χ0) is 16.5. The summed E-state index contributed by atoms with van der Waals surface area (Å²) in [7, 11) is 0. The zero-order valence-electron chi connectivity index (χ0n) is 12.9. The first-order valence-electron chi connectivity index (χ1n) is 7.90. The molecule has 7 heteroatoms. The van der Waals surface area contributed by atoms with Gasteiger partial charge in [0.05, 0.1) is 12.3 Å². The normalized spacial score (nSPS) is 15.5. The van der Waals surface area contributed by atoms with Crippen molar-refractivity contribution in [3.05, 3.63) is 58.9 Å². The van der Waals surface area contributed by atoms with Gasteiger partial charge in [0, 0.05) is 18.4 Å². The number of halogens is 1. The van der Waals surface area contributed by atoms with Crippen molar-refractivity contribution < 1.29 is 18.1 Å². The number of nitrogens with one attached hydrogen (secondary N) is 1. The maximum atomic E-state index is 13.1. The third kappa shape index (κ3) is 3.32. The minimum Gasteiger partial charge on any atom is -0.459 e. The van der Waals surface area contributed by atoms with Crippen LogP contribution in [-0.4, -0.2) is 15.8 Å². The van der Waals surface area contributed by atoms with Gasteiger partial charge < -0.3 is 13.7 Å². The van der Waals surface area contributed by atoms with E-state index in [0.717, 1.165) is 12.1 Å². The summed E-state index contributed by atoms with van der Waals surface area (Å²) in [4.78, 5) is 1.68. The van der Waals surface area contributed by atoms with E-state index >= 15 is 0 Å². The molecule has 5 nitrogen and oxygen atoms in total. The average molecular weight is 346 g/mol. The van der Waals surface area contributed by atoms with Crippen molar-refractivity contribution in [1.29, 1.82) is 0 Å². The van der Waals surface area contributed by atoms with Gasteiger partial charge in [-0.05, 0) is 36.5 Å². The summed E-state index contributed by atoms with van der Waals surface area (Å²) in [6, 6.07) is 10.8. The molecular formula is C17H17FN3O2S+. The number of hydrogen-bond donors (Lipinski definition) is 1. The summed E-state index contributed by atoms with van der Waals surface area (Å²) < 4.78 is 25.6. The minimum absolute atomic E-state index is 0.214. The van der Waals surface area contributed by atoms with Crippen LogP contribution in [0.25, 0.3) is 11.7 Å². The molecule has 1 saturated carbocycles. The molecule has 0 saturated heterocycles. The van der Waals surface area contributed by atoms with Crippen LogP contribution < -0.4 is 4.90 Å². The third-order valence-electron chi connectivity index (χ3n) is 4.19. The van der Waals surface area contributed by atoms with Crippen molar-refractivity contribution in [2.24, 2.45) is 0 Å². The van der Waals surface area contributed by atoms with Crippen LogP contribution in [0.3, 0.4) is 0 Å². The Kier molecular flexibility index (Phi) is 4.03. The largest absolute Gasteiger partial charge is 0.459 e. The van der Waals surface area contributed by atoms with Crippen LogP contribution in [0, 0.1) is 10.7 Å². The van der Waals surface area contributed by atoms with Crippen LogP contribution in [0.1, 0.15) is 18.4 Å². The molecule has 24 heavy (non-hydrogen) atoms. The van der Waals surface area contributed by atoms with Crippen LogP contribution in [0.15, 0.2) is 51.5 Å². The van der Waals surface area contributed by atoms with Gasteiger partial charge in [0.25, 0.3) is 10.7 Å². The first-order chi connectivity index (χ1) is 11.7. The maximum Gasteiger partial charge on any atom is 0.292 e. The van der Waals surface area contributed by atoms with Crippen LogP contribution in [0.4, 0.5) is 4.39 Å². The quantitative estimate of drug-likeness (QED) is 0.697. The summed E-state index contributed by atoms with van der Waals surface area (Å²) in [6.07, 6.45) is 3.95. The fourth-order valence-electron chi connectivity index (χ4n) is 2.78. The maximum absolute atomic E-state index is 13.1. The molecule has 1 aromatic carbocycles. The molecule has 4 rings (SSSR count). The molecule has 0 aliphatic heterocycles. The Labute approximate surface area is 143 Å². The Morgan fingerprint density at radius 3 is 2.71 bits per heavy atom. The standard InChI is InChI=1S/C17H16FN3O2S/c18-13-5-3-12(4-6-13)10-20(14-7-8-14)11-21-17(24)23-16(19-21)15-2-1-9-22-15/h1-6,9,14H,7-8,10-11H2/p+1. The molecule has 1 fully saturated rings. The summed E-state index contributed by atoms with van der Waals surface area (Å²) in [5, 5.41) is 4.43. The molecule has 1 atom stereocenters. The van der Waals surface area contributed by atoms with Crippen LogP contribution in [0.2, 0.25) is 0 Å². The van der Waals surface area contributed by atoms with Crippen LogP contribution in [0.5, 0.6) is 0 Å². The number of aromatic nitrogens is 2. The Morgan fingerprint density at radius 1 is 1.25 bits per heavy atom. The summed E-state index contributed by atoms with van der Waals surface area (Å²) in [5.41, 5.74) is 1.10. The summed E-state index contributed by atoms with van der Waals surface area (Å²) in [6.45, 7) is 1.42. The number of quaternary nitrogens is 1. The fourth-order valence-corrected chi connectivity index (χ4v) is 2.97. The number of benzene rings is 1. The molecule has 1 N–H and O–H groups in total. The van der Waals surface area contributed by atoms with E-state index in [-0.39, 0.29) is 5.82 Å². The predicted octanol–water partition coefficient (Wildman–Crippen LogP) is 2.81. The SMILES string of the molecule is Fc1ccc(C[NH+](Cn2nc(-c3ccco3)oc2=S)C2CC2)cc1. The number of hydrogen-bond acceptors (Lipinski definition) is 4. The first-order valence-corrected chi connectivity index (χ1v) is 8.31. The van der Waals surface area contributed by atoms with Gasteiger partial charge in [0.2, 0.25) is 0 Å². The Hall–Kier alpha value is -2.25. The van der Waals surface area contributed by atoms with Gasteiger partial charge in [-0.15, -0.1) is 5.10 Å². The molecule has 1 unspecified atom stereocenters. The Bertz CT molecular complexity index is 866. The van der Waals surface area contributed by atoms with Crippen molar-refractivity contribution in [3.63, 3.8) is 0 Å². The molecular weight excluding hydrogens is 329 g/mol. The second-order valence-electron chi connectivity index (χ2n) is 6.04. The van der Waals surface area contributed by atoms with Gasteiger partial charge in [-0.3, -0.25) is 0 Å². The molecule has 0 radical (unpaired) electrons. The van der Waals surface area contributed by atoms with E-state index in [9.17, 15) is 4.39 Å². The first kappa shape index (κ1) is 15.3. The van der Waals surface area contributed by atoms with E-state index in [0.29, 0.717) is 29.2 Å². The van der Waals surface area contributed by atoms with Gasteiger partial charge >= 0.3 is 0 Å². The summed E-state index contributed by atoms with van der Waals surface area (Å²) in [5.74, 6) is 0.738. The minimum atomic E-state index is -0.214. The predicted molar refractivity (Wildman–Crippen MR) is 87.1 cm³/mol. The molecule has 0 spiro atoms. The second kappa shape index (κ2) is 6.33. The van der Waals surface area contributed by atoms with E-state index in [2.05, 4.69) is 5.10 Å². The lowest BCUT2D eigenvalue weighted by molar-refractivity contribution is -0.947. The van der Waals surface area contributed by atoms with Gasteiger partial charge in [-0.2, -0.15) is 4.68 Å². The Morgan fingerprint density at radius 2 is 2.04 bits per heavy atom. The lowest BCUT2D eigenvalue weighted by atomic mass is 10.2. The van der Waals surface area contributed by atoms with E-state index in [1.807, 2.05) is 12.1 Å². The monoisotopic (exact) mass is 346 g/mol. The van der Waals surface area contributed by atoms with Gasteiger partial charge in [0.15, 0.2) is 12.4 Å². The van der Waals surface area contributed by atoms with E-state index in [4.69, 9.17) is 21.1 Å². The third-order valence-corrected chi connectivity index (χ3v) is 4.48. The second-order valence-corrected chi connectivity index (χ2v) is 6.39. The fraction of sp³-hybridized carbons (Fsp3) is 0.294. The molecule has 2 aromatic heterocycles. The molecule has 124 valence electrons. The van der Waals surface area contributed by atoms with E-state index in [1.165, 1.54) is 29.9 Å². The number of furan rings is 1. The van der Waals surface area contributed by atoms with Crippen molar-refractivity contribution in [2.45, 2.75) is 32.1 Å². The molecule has 1 aliphatic carbocycles. The Balaban J connectivity index is 1.53. The molecule has 1 aliphatic rings. The van der Waals surface area contributed by atoms with E-state index in [1.54, 1.807) is 23.1 Å². The number of rotatable bonds is 6. The highest BCUT2D eigenvalue weighted by Gasteiger charge is 2.34. The smallest absolute Gasteiger partial charge is 0.292 e. The van der Waals surface area contributed by atoms with Crippen molar-refractivity contribution >= 4 is 12.2 Å². The highest BCUT2D eigenvalue weighted by atomic mass is 32.1.